The van der Waals surface area contributed by atoms with E-state index in [0.29, 0.717) is 16.6 Å². The van der Waals surface area contributed by atoms with Crippen LogP contribution in [0.1, 0.15) is 19.4 Å². The SMILES string of the molecule is CC(C)(NCc1ccc(Cl)c(Cl)c1)C(N)=O. The summed E-state index contributed by atoms with van der Waals surface area (Å²) in [6, 6.07) is 5.32. The smallest absolute Gasteiger partial charge is 0.237 e. The average molecular weight is 261 g/mol. The number of amides is 1. The third kappa shape index (κ3) is 3.37. The van der Waals surface area contributed by atoms with E-state index in [9.17, 15) is 4.79 Å². The molecule has 0 unspecified atom stereocenters. The lowest BCUT2D eigenvalue weighted by molar-refractivity contribution is -0.123. The number of nitrogens with two attached hydrogens (primary N) is 1. The van der Waals surface area contributed by atoms with Gasteiger partial charge in [-0.2, -0.15) is 0 Å². The molecule has 1 amide bonds. The van der Waals surface area contributed by atoms with Crippen LogP contribution in [0.5, 0.6) is 0 Å². The van der Waals surface area contributed by atoms with Crippen LogP contribution in [-0.4, -0.2) is 11.4 Å². The lowest BCUT2D eigenvalue weighted by atomic mass is 10.0. The molecular formula is C11H14Cl2N2O. The summed E-state index contributed by atoms with van der Waals surface area (Å²) >= 11 is 11.7. The van der Waals surface area contributed by atoms with E-state index in [1.54, 1.807) is 26.0 Å². The molecule has 0 aromatic heterocycles. The minimum absolute atomic E-state index is 0.396. The fourth-order valence-electron chi connectivity index (χ4n) is 1.06. The van der Waals surface area contributed by atoms with E-state index in [4.69, 9.17) is 28.9 Å². The molecule has 0 atom stereocenters. The number of primary amides is 1. The number of carbonyl (C=O) groups is 1. The van der Waals surface area contributed by atoms with Crippen molar-refractivity contribution in [2.24, 2.45) is 5.73 Å². The first-order valence-electron chi connectivity index (χ1n) is 4.82. The largest absolute Gasteiger partial charge is 0.368 e. The lowest BCUT2D eigenvalue weighted by Gasteiger charge is -2.22. The minimum Gasteiger partial charge on any atom is -0.368 e. The van der Waals surface area contributed by atoms with Crippen molar-refractivity contribution in [1.82, 2.24) is 5.32 Å². The van der Waals surface area contributed by atoms with Gasteiger partial charge >= 0.3 is 0 Å². The zero-order valence-electron chi connectivity index (χ0n) is 9.18. The van der Waals surface area contributed by atoms with Crippen molar-refractivity contribution in [2.45, 2.75) is 25.9 Å². The van der Waals surface area contributed by atoms with Gasteiger partial charge in [0, 0.05) is 6.54 Å². The number of rotatable bonds is 4. The van der Waals surface area contributed by atoms with Gasteiger partial charge < -0.3 is 5.73 Å². The standard InChI is InChI=1S/C11H14Cl2N2O/c1-11(2,10(14)16)15-6-7-3-4-8(12)9(13)5-7/h3-5,15H,6H2,1-2H3,(H2,14,16). The Hall–Kier alpha value is -0.770. The Kier molecular flexibility index (Phi) is 4.19. The highest BCUT2D eigenvalue weighted by atomic mass is 35.5. The summed E-state index contributed by atoms with van der Waals surface area (Å²) in [5, 5.41) is 4.06. The highest BCUT2D eigenvalue weighted by Crippen LogP contribution is 2.22. The molecule has 16 heavy (non-hydrogen) atoms. The predicted molar refractivity (Wildman–Crippen MR) is 66.6 cm³/mol. The number of benzene rings is 1. The van der Waals surface area contributed by atoms with Crippen molar-refractivity contribution in [3.05, 3.63) is 33.8 Å². The van der Waals surface area contributed by atoms with Crippen molar-refractivity contribution >= 4 is 29.1 Å². The number of hydrogen-bond acceptors (Lipinski definition) is 2. The van der Waals surface area contributed by atoms with Crippen LogP contribution < -0.4 is 11.1 Å². The first kappa shape index (κ1) is 13.3. The van der Waals surface area contributed by atoms with Gasteiger partial charge in [-0.1, -0.05) is 29.3 Å². The van der Waals surface area contributed by atoms with E-state index >= 15 is 0 Å². The van der Waals surface area contributed by atoms with Crippen molar-refractivity contribution in [1.29, 1.82) is 0 Å². The van der Waals surface area contributed by atoms with Crippen LogP contribution >= 0.6 is 23.2 Å². The zero-order chi connectivity index (χ0) is 12.3. The van der Waals surface area contributed by atoms with Crippen molar-refractivity contribution in [3.63, 3.8) is 0 Å². The van der Waals surface area contributed by atoms with Crippen LogP contribution in [0.15, 0.2) is 18.2 Å². The Bertz CT molecular complexity index is 405. The van der Waals surface area contributed by atoms with Gasteiger partial charge in [0.05, 0.1) is 15.6 Å². The van der Waals surface area contributed by atoms with Gasteiger partial charge in [0.1, 0.15) is 0 Å². The molecule has 0 radical (unpaired) electrons. The highest BCUT2D eigenvalue weighted by Gasteiger charge is 2.23. The summed E-state index contributed by atoms with van der Waals surface area (Å²) in [6.45, 7) is 3.96. The van der Waals surface area contributed by atoms with Crippen molar-refractivity contribution < 1.29 is 4.79 Å². The molecular weight excluding hydrogens is 247 g/mol. The normalized spacial score (nSPS) is 11.5. The summed E-state index contributed by atoms with van der Waals surface area (Å²) in [5.41, 5.74) is 5.44. The van der Waals surface area contributed by atoms with Gasteiger partial charge in [-0.15, -0.1) is 0 Å². The van der Waals surface area contributed by atoms with Gasteiger partial charge in [0.25, 0.3) is 0 Å². The zero-order valence-corrected chi connectivity index (χ0v) is 10.7. The van der Waals surface area contributed by atoms with E-state index in [0.717, 1.165) is 5.56 Å². The molecule has 0 saturated heterocycles. The maximum absolute atomic E-state index is 11.1. The molecule has 0 spiro atoms. The summed E-state index contributed by atoms with van der Waals surface area (Å²) in [7, 11) is 0. The van der Waals surface area contributed by atoms with E-state index in [1.807, 2.05) is 6.07 Å². The Morgan fingerprint density at radius 3 is 2.50 bits per heavy atom. The monoisotopic (exact) mass is 260 g/mol. The van der Waals surface area contributed by atoms with Crippen molar-refractivity contribution in [2.75, 3.05) is 0 Å². The molecule has 88 valence electrons. The molecule has 5 heteroatoms. The third-order valence-corrected chi connectivity index (χ3v) is 3.07. The molecule has 0 aliphatic carbocycles. The molecule has 1 aromatic carbocycles. The molecule has 0 aliphatic heterocycles. The Labute approximate surface area is 105 Å². The average Bonchev–Trinajstić information content (AvgIpc) is 2.20. The van der Waals surface area contributed by atoms with Crippen LogP contribution in [0, 0.1) is 0 Å². The highest BCUT2D eigenvalue weighted by molar-refractivity contribution is 6.42. The lowest BCUT2D eigenvalue weighted by Crippen LogP contribution is -2.50. The van der Waals surface area contributed by atoms with Crippen molar-refractivity contribution in [3.8, 4) is 0 Å². The molecule has 3 nitrogen and oxygen atoms in total. The van der Waals surface area contributed by atoms with Crippen LogP contribution in [0.25, 0.3) is 0 Å². The number of halogens is 2. The molecule has 1 aromatic rings. The number of nitrogens with one attached hydrogen (secondary N) is 1. The quantitative estimate of drug-likeness (QED) is 0.874. The van der Waals surface area contributed by atoms with Gasteiger partial charge in [-0.25, -0.2) is 0 Å². The summed E-state index contributed by atoms with van der Waals surface area (Å²) in [4.78, 5) is 11.1. The van der Waals surface area contributed by atoms with Crippen LogP contribution in [0.2, 0.25) is 10.0 Å². The molecule has 0 heterocycles. The predicted octanol–water partition coefficient (Wildman–Crippen LogP) is 2.35. The first-order valence-corrected chi connectivity index (χ1v) is 5.57. The summed E-state index contributed by atoms with van der Waals surface area (Å²) in [6.07, 6.45) is 0. The van der Waals surface area contributed by atoms with Gasteiger partial charge in [-0.3, -0.25) is 10.1 Å². The fraction of sp³-hybridized carbons (Fsp3) is 0.364. The maximum atomic E-state index is 11.1. The van der Waals surface area contributed by atoms with Gasteiger partial charge in [0.2, 0.25) is 5.91 Å². The molecule has 1 rings (SSSR count). The van der Waals surface area contributed by atoms with Crippen LogP contribution in [0.4, 0.5) is 0 Å². The molecule has 0 saturated carbocycles. The number of carbonyl (C=O) groups excluding carboxylic acids is 1. The second-order valence-electron chi connectivity index (χ2n) is 4.09. The summed E-state index contributed by atoms with van der Waals surface area (Å²) in [5.74, 6) is -0.396. The Morgan fingerprint density at radius 1 is 1.38 bits per heavy atom. The first-order chi connectivity index (χ1) is 7.33. The van der Waals surface area contributed by atoms with Gasteiger partial charge in [-0.05, 0) is 31.5 Å². The molecule has 0 fully saturated rings. The molecule has 0 aliphatic rings. The third-order valence-electron chi connectivity index (χ3n) is 2.33. The van der Waals surface area contributed by atoms with Crippen LogP contribution in [0.3, 0.4) is 0 Å². The Balaban J connectivity index is 2.68. The second-order valence-corrected chi connectivity index (χ2v) is 4.91. The van der Waals surface area contributed by atoms with Crippen LogP contribution in [-0.2, 0) is 11.3 Å². The number of hydrogen-bond donors (Lipinski definition) is 2. The van der Waals surface area contributed by atoms with E-state index < -0.39 is 11.4 Å². The van der Waals surface area contributed by atoms with E-state index in [2.05, 4.69) is 5.32 Å². The minimum atomic E-state index is -0.744. The topological polar surface area (TPSA) is 55.1 Å². The van der Waals surface area contributed by atoms with E-state index in [1.165, 1.54) is 0 Å². The Morgan fingerprint density at radius 2 is 2.00 bits per heavy atom. The second kappa shape index (κ2) is 5.04. The maximum Gasteiger partial charge on any atom is 0.237 e. The fourth-order valence-corrected chi connectivity index (χ4v) is 1.38. The molecule has 0 bridgehead atoms. The molecule has 3 N–H and O–H groups in total. The van der Waals surface area contributed by atoms with Gasteiger partial charge in [0.15, 0.2) is 0 Å². The van der Waals surface area contributed by atoms with E-state index in [-0.39, 0.29) is 0 Å². The summed E-state index contributed by atoms with van der Waals surface area (Å²) < 4.78 is 0.